The molecule has 3 heteroatoms. The van der Waals surface area contributed by atoms with Crippen LogP contribution in [0.1, 0.15) is 51.5 Å². The minimum Gasteiger partial charge on any atom is -0.373 e. The lowest BCUT2D eigenvalue weighted by Crippen LogP contribution is -2.21. The van der Waals surface area contributed by atoms with Gasteiger partial charge in [-0.05, 0) is 36.8 Å². The normalized spacial score (nSPS) is 23.3. The molecule has 1 aromatic rings. The number of hydrogen-bond donors (Lipinski definition) is 1. The van der Waals surface area contributed by atoms with Crippen LogP contribution in [-0.4, -0.2) is 17.6 Å². The number of nitrogens with zero attached hydrogens (tertiary/aromatic N) is 1. The summed E-state index contributed by atoms with van der Waals surface area (Å²) in [5.74, 6) is 1.77. The second-order valence-electron chi connectivity index (χ2n) is 5.68. The van der Waals surface area contributed by atoms with Gasteiger partial charge in [0.05, 0.1) is 12.7 Å². The van der Waals surface area contributed by atoms with Crippen molar-refractivity contribution >= 4 is 5.82 Å². The summed E-state index contributed by atoms with van der Waals surface area (Å²) in [6.07, 6.45) is 8.58. The van der Waals surface area contributed by atoms with E-state index >= 15 is 0 Å². The van der Waals surface area contributed by atoms with E-state index in [9.17, 15) is 0 Å². The highest BCUT2D eigenvalue weighted by Crippen LogP contribution is 2.26. The Morgan fingerprint density at radius 3 is 2.95 bits per heavy atom. The largest absolute Gasteiger partial charge is 0.373 e. The molecule has 0 amide bonds. The van der Waals surface area contributed by atoms with Gasteiger partial charge in [0, 0.05) is 12.7 Å². The van der Waals surface area contributed by atoms with Gasteiger partial charge in [-0.15, -0.1) is 0 Å². The first-order chi connectivity index (χ1) is 9.28. The van der Waals surface area contributed by atoms with Crippen molar-refractivity contribution in [3.8, 4) is 0 Å². The van der Waals surface area contributed by atoms with Crippen LogP contribution < -0.4 is 5.32 Å². The number of ether oxygens (including phenoxy) is 1. The molecule has 1 aliphatic rings. The van der Waals surface area contributed by atoms with Crippen molar-refractivity contribution < 1.29 is 4.74 Å². The third kappa shape index (κ3) is 4.83. The molecule has 2 unspecified atom stereocenters. The van der Waals surface area contributed by atoms with E-state index in [-0.39, 0.29) is 0 Å². The van der Waals surface area contributed by atoms with Crippen LogP contribution in [0.15, 0.2) is 18.3 Å². The number of nitrogens with one attached hydrogen (secondary N) is 1. The van der Waals surface area contributed by atoms with E-state index in [1.165, 1.54) is 31.2 Å². The van der Waals surface area contributed by atoms with Crippen LogP contribution in [0.3, 0.4) is 0 Å². The number of hydrogen-bond acceptors (Lipinski definition) is 3. The van der Waals surface area contributed by atoms with E-state index in [2.05, 4.69) is 30.2 Å². The Hall–Kier alpha value is -1.09. The summed E-state index contributed by atoms with van der Waals surface area (Å²) in [6.45, 7) is 6.15. The SMILES string of the molecule is CCCNc1ccc(COC2CCCC(C)C2)cn1. The molecular formula is C16H26N2O. The predicted octanol–water partition coefficient (Wildman–Crippen LogP) is 4.00. The molecule has 0 spiro atoms. The highest BCUT2D eigenvalue weighted by atomic mass is 16.5. The summed E-state index contributed by atoms with van der Waals surface area (Å²) >= 11 is 0. The molecule has 1 heterocycles. The molecule has 1 fully saturated rings. The minimum atomic E-state index is 0.446. The monoisotopic (exact) mass is 262 g/mol. The van der Waals surface area contributed by atoms with Gasteiger partial charge in [0.25, 0.3) is 0 Å². The summed E-state index contributed by atoms with van der Waals surface area (Å²) in [7, 11) is 0. The first-order valence-electron chi connectivity index (χ1n) is 7.58. The Morgan fingerprint density at radius 1 is 1.37 bits per heavy atom. The fraction of sp³-hybridized carbons (Fsp3) is 0.688. The third-order valence-electron chi connectivity index (χ3n) is 3.75. The van der Waals surface area contributed by atoms with Crippen LogP contribution in [0, 0.1) is 5.92 Å². The Labute approximate surface area is 116 Å². The van der Waals surface area contributed by atoms with Crippen LogP contribution in [0.25, 0.3) is 0 Å². The molecule has 1 N–H and O–H groups in total. The second-order valence-corrected chi connectivity index (χ2v) is 5.68. The summed E-state index contributed by atoms with van der Waals surface area (Å²) in [6, 6.07) is 4.15. The van der Waals surface area contributed by atoms with E-state index in [1.807, 2.05) is 12.3 Å². The van der Waals surface area contributed by atoms with Gasteiger partial charge in [0.15, 0.2) is 0 Å². The van der Waals surface area contributed by atoms with Gasteiger partial charge in [-0.3, -0.25) is 0 Å². The number of pyridine rings is 1. The maximum Gasteiger partial charge on any atom is 0.125 e. The molecule has 1 aromatic heterocycles. The van der Waals surface area contributed by atoms with Crippen molar-refractivity contribution in [1.82, 2.24) is 4.98 Å². The van der Waals surface area contributed by atoms with Crippen molar-refractivity contribution in [3.63, 3.8) is 0 Å². The van der Waals surface area contributed by atoms with Crippen LogP contribution >= 0.6 is 0 Å². The Bertz CT molecular complexity index is 364. The Morgan fingerprint density at radius 2 is 2.26 bits per heavy atom. The first-order valence-corrected chi connectivity index (χ1v) is 7.58. The molecule has 0 bridgehead atoms. The van der Waals surface area contributed by atoms with Crippen molar-refractivity contribution in [2.75, 3.05) is 11.9 Å². The van der Waals surface area contributed by atoms with Gasteiger partial charge >= 0.3 is 0 Å². The number of anilines is 1. The van der Waals surface area contributed by atoms with Crippen LogP contribution in [0.2, 0.25) is 0 Å². The zero-order chi connectivity index (χ0) is 13.5. The molecule has 1 aliphatic carbocycles. The molecular weight excluding hydrogens is 236 g/mol. The quantitative estimate of drug-likeness (QED) is 0.841. The van der Waals surface area contributed by atoms with Gasteiger partial charge in [0.2, 0.25) is 0 Å². The molecule has 0 saturated heterocycles. The highest BCUT2D eigenvalue weighted by Gasteiger charge is 2.19. The number of aromatic nitrogens is 1. The molecule has 1 saturated carbocycles. The first kappa shape index (κ1) is 14.3. The number of rotatable bonds is 6. The predicted molar refractivity (Wildman–Crippen MR) is 79.2 cm³/mol. The van der Waals surface area contributed by atoms with Crippen LogP contribution in [0.5, 0.6) is 0 Å². The molecule has 19 heavy (non-hydrogen) atoms. The molecule has 106 valence electrons. The average molecular weight is 262 g/mol. The van der Waals surface area contributed by atoms with E-state index in [0.29, 0.717) is 12.7 Å². The topological polar surface area (TPSA) is 34.1 Å². The van der Waals surface area contributed by atoms with E-state index < -0.39 is 0 Å². The maximum atomic E-state index is 6.00. The Kier molecular flexibility index (Phi) is 5.64. The molecule has 0 aromatic carbocycles. The van der Waals surface area contributed by atoms with Gasteiger partial charge in [-0.25, -0.2) is 4.98 Å². The average Bonchev–Trinajstić information content (AvgIpc) is 2.44. The fourth-order valence-corrected chi connectivity index (χ4v) is 2.61. The molecule has 2 rings (SSSR count). The Balaban J connectivity index is 1.76. The summed E-state index contributed by atoms with van der Waals surface area (Å²) in [5.41, 5.74) is 1.17. The van der Waals surface area contributed by atoms with E-state index in [1.54, 1.807) is 0 Å². The lowest BCUT2D eigenvalue weighted by Gasteiger charge is -2.26. The lowest BCUT2D eigenvalue weighted by molar-refractivity contribution is 0.00457. The zero-order valence-corrected chi connectivity index (χ0v) is 12.2. The smallest absolute Gasteiger partial charge is 0.125 e. The van der Waals surface area contributed by atoms with E-state index in [0.717, 1.165) is 24.7 Å². The molecule has 0 radical (unpaired) electrons. The van der Waals surface area contributed by atoms with Gasteiger partial charge in [0.1, 0.15) is 5.82 Å². The third-order valence-corrected chi connectivity index (χ3v) is 3.75. The lowest BCUT2D eigenvalue weighted by atomic mass is 9.89. The summed E-state index contributed by atoms with van der Waals surface area (Å²) < 4.78 is 6.00. The van der Waals surface area contributed by atoms with Gasteiger partial charge in [-0.2, -0.15) is 0 Å². The minimum absolute atomic E-state index is 0.446. The molecule has 3 nitrogen and oxygen atoms in total. The van der Waals surface area contributed by atoms with Crippen molar-refractivity contribution in [1.29, 1.82) is 0 Å². The highest BCUT2D eigenvalue weighted by molar-refractivity contribution is 5.35. The van der Waals surface area contributed by atoms with Crippen LogP contribution in [0.4, 0.5) is 5.82 Å². The fourth-order valence-electron chi connectivity index (χ4n) is 2.61. The summed E-state index contributed by atoms with van der Waals surface area (Å²) in [4.78, 5) is 4.40. The van der Waals surface area contributed by atoms with Crippen molar-refractivity contribution in [3.05, 3.63) is 23.9 Å². The summed E-state index contributed by atoms with van der Waals surface area (Å²) in [5, 5.41) is 3.28. The maximum absolute atomic E-state index is 6.00. The van der Waals surface area contributed by atoms with Gasteiger partial charge < -0.3 is 10.1 Å². The van der Waals surface area contributed by atoms with Crippen molar-refractivity contribution in [2.24, 2.45) is 5.92 Å². The second kappa shape index (κ2) is 7.49. The zero-order valence-electron chi connectivity index (χ0n) is 12.2. The standard InChI is InChI=1S/C16H26N2O/c1-3-9-17-16-8-7-14(11-18-16)12-19-15-6-4-5-13(2)10-15/h7-8,11,13,15H,3-6,9-10,12H2,1-2H3,(H,17,18). The van der Waals surface area contributed by atoms with Crippen molar-refractivity contribution in [2.45, 2.75) is 58.7 Å². The van der Waals surface area contributed by atoms with Gasteiger partial charge in [-0.1, -0.05) is 32.8 Å². The molecule has 2 atom stereocenters. The molecule has 0 aliphatic heterocycles. The van der Waals surface area contributed by atoms with E-state index in [4.69, 9.17) is 4.74 Å². The van der Waals surface area contributed by atoms with Crippen LogP contribution in [-0.2, 0) is 11.3 Å².